The quantitative estimate of drug-likeness (QED) is 0.553. The van der Waals surface area contributed by atoms with Gasteiger partial charge in [-0.25, -0.2) is 10.0 Å². The molecule has 1 saturated heterocycles. The first-order valence-electron chi connectivity index (χ1n) is 9.34. The Bertz CT molecular complexity index is 1040. The molecule has 0 saturated carbocycles. The summed E-state index contributed by atoms with van der Waals surface area (Å²) in [6.45, 7) is 7.46. The van der Waals surface area contributed by atoms with Crippen molar-refractivity contribution in [3.05, 3.63) is 45.1 Å². The summed E-state index contributed by atoms with van der Waals surface area (Å²) in [6.07, 6.45) is 1.02. The van der Waals surface area contributed by atoms with E-state index in [1.165, 1.54) is 0 Å². The third kappa shape index (κ3) is 4.00. The maximum absolute atomic E-state index is 12.0. The van der Waals surface area contributed by atoms with Crippen LogP contribution in [-0.2, 0) is 16.1 Å². The van der Waals surface area contributed by atoms with Crippen molar-refractivity contribution in [2.45, 2.75) is 19.4 Å². The van der Waals surface area contributed by atoms with Gasteiger partial charge in [-0.05, 0) is 24.6 Å². The molecule has 2 N–H and O–H groups in total. The third-order valence-corrected chi connectivity index (χ3v) is 4.79. The van der Waals surface area contributed by atoms with Gasteiger partial charge >= 0.3 is 0 Å². The topological polar surface area (TPSA) is 101 Å². The first kappa shape index (κ1) is 18.5. The molecule has 1 amide bonds. The minimum absolute atomic E-state index is 0.0116. The van der Waals surface area contributed by atoms with Gasteiger partial charge in [-0.1, -0.05) is 6.58 Å². The number of morpholine rings is 1. The molecule has 28 heavy (non-hydrogen) atoms. The molecule has 0 spiro atoms. The Morgan fingerprint density at radius 1 is 1.36 bits per heavy atom. The highest BCUT2D eigenvalue weighted by Gasteiger charge is 2.14. The largest absolute Gasteiger partial charge is 0.494 e. The second kappa shape index (κ2) is 7.99. The van der Waals surface area contributed by atoms with E-state index >= 15 is 0 Å². The number of hydrogen-bond donors (Lipinski definition) is 2. The summed E-state index contributed by atoms with van der Waals surface area (Å²) in [7, 11) is 0. The van der Waals surface area contributed by atoms with Crippen LogP contribution in [0.15, 0.2) is 28.0 Å². The second-order valence-corrected chi connectivity index (χ2v) is 6.80. The van der Waals surface area contributed by atoms with Gasteiger partial charge in [0.25, 0.3) is 5.56 Å². The standard InChI is InChI=1S/C19H23N5O4/c1-13-18(26)21-19-20-16-5-4-15(11-14(16)12-24(13)19)28-8-2-3-17(25)22-23-6-9-27-10-7-23/h4-5,11H,1-3,6-10,12H2,(H,22,25)(H,20,21,26). The molecule has 1 fully saturated rings. The zero-order valence-corrected chi connectivity index (χ0v) is 15.6. The zero-order valence-electron chi connectivity index (χ0n) is 15.6. The lowest BCUT2D eigenvalue weighted by Crippen LogP contribution is -2.48. The van der Waals surface area contributed by atoms with E-state index in [-0.39, 0.29) is 11.5 Å². The van der Waals surface area contributed by atoms with Gasteiger partial charge in [0.15, 0.2) is 0 Å². The predicted molar refractivity (Wildman–Crippen MR) is 102 cm³/mol. The summed E-state index contributed by atoms with van der Waals surface area (Å²) in [6, 6.07) is 5.63. The number of fused-ring (bicyclic) bond motifs is 2. The van der Waals surface area contributed by atoms with Gasteiger partial charge < -0.3 is 14.0 Å². The van der Waals surface area contributed by atoms with E-state index in [9.17, 15) is 9.59 Å². The molecular formula is C19H23N5O4. The van der Waals surface area contributed by atoms with Gasteiger partial charge in [0.1, 0.15) is 11.1 Å². The number of nitrogens with one attached hydrogen (secondary N) is 2. The number of carbonyl (C=O) groups is 1. The Morgan fingerprint density at radius 2 is 2.18 bits per heavy atom. The van der Waals surface area contributed by atoms with Crippen molar-refractivity contribution < 1.29 is 14.3 Å². The number of hydrogen-bond acceptors (Lipinski definition) is 6. The van der Waals surface area contributed by atoms with Crippen molar-refractivity contribution in [1.29, 1.82) is 0 Å². The number of carbonyl (C=O) groups excluding carboxylic acids is 1. The Balaban J connectivity index is 1.29. The summed E-state index contributed by atoms with van der Waals surface area (Å²) >= 11 is 0. The fourth-order valence-corrected chi connectivity index (χ4v) is 3.25. The highest BCUT2D eigenvalue weighted by molar-refractivity contribution is 5.75. The molecule has 0 atom stereocenters. The minimum Gasteiger partial charge on any atom is -0.494 e. The fourth-order valence-electron chi connectivity index (χ4n) is 3.25. The highest BCUT2D eigenvalue weighted by atomic mass is 16.5. The van der Waals surface area contributed by atoms with Gasteiger partial charge in [0, 0.05) is 25.1 Å². The maximum atomic E-state index is 12.0. The highest BCUT2D eigenvalue weighted by Crippen LogP contribution is 2.26. The number of aromatic nitrogens is 2. The van der Waals surface area contributed by atoms with Crippen molar-refractivity contribution in [1.82, 2.24) is 20.0 Å². The van der Waals surface area contributed by atoms with E-state index in [2.05, 4.69) is 22.0 Å². The number of imidazole rings is 1. The van der Waals surface area contributed by atoms with Crippen LogP contribution >= 0.6 is 0 Å². The minimum atomic E-state index is -0.224. The van der Waals surface area contributed by atoms with Crippen molar-refractivity contribution in [3.8, 4) is 5.75 Å². The van der Waals surface area contributed by atoms with Crippen LogP contribution in [0.3, 0.4) is 0 Å². The summed E-state index contributed by atoms with van der Waals surface area (Å²) in [5.41, 5.74) is 4.94. The van der Waals surface area contributed by atoms with Crippen LogP contribution in [0.1, 0.15) is 18.4 Å². The number of rotatable bonds is 6. The van der Waals surface area contributed by atoms with Crippen molar-refractivity contribution in [2.24, 2.45) is 4.99 Å². The van der Waals surface area contributed by atoms with Gasteiger partial charge in [0.05, 0.1) is 32.1 Å². The number of benzene rings is 1. The zero-order chi connectivity index (χ0) is 19.5. The van der Waals surface area contributed by atoms with Crippen LogP contribution in [0.5, 0.6) is 5.75 Å². The molecular weight excluding hydrogens is 362 g/mol. The van der Waals surface area contributed by atoms with Crippen molar-refractivity contribution in [2.75, 3.05) is 32.9 Å². The van der Waals surface area contributed by atoms with E-state index in [1.54, 1.807) is 4.57 Å². The molecule has 4 rings (SSSR count). The van der Waals surface area contributed by atoms with E-state index < -0.39 is 0 Å². The third-order valence-electron chi connectivity index (χ3n) is 4.79. The van der Waals surface area contributed by atoms with Gasteiger partial charge in [-0.2, -0.15) is 0 Å². The Kier molecular flexibility index (Phi) is 5.27. The van der Waals surface area contributed by atoms with Crippen LogP contribution in [0.2, 0.25) is 0 Å². The number of aromatic amines is 1. The predicted octanol–water partition coefficient (Wildman–Crippen LogP) is -0.578. The molecule has 148 valence electrons. The number of ether oxygens (including phenoxy) is 2. The number of H-pyrrole nitrogens is 1. The van der Waals surface area contributed by atoms with Gasteiger partial charge in [0.2, 0.25) is 11.5 Å². The lowest BCUT2D eigenvalue weighted by Gasteiger charge is -2.26. The molecule has 9 nitrogen and oxygen atoms in total. The average Bonchev–Trinajstić information content (AvgIpc) is 2.97. The summed E-state index contributed by atoms with van der Waals surface area (Å²) < 4.78 is 12.8. The molecule has 2 aromatic rings. The molecule has 2 aliphatic heterocycles. The van der Waals surface area contributed by atoms with E-state index in [0.717, 1.165) is 17.0 Å². The molecule has 1 aromatic carbocycles. The Hall–Kier alpha value is -2.91. The van der Waals surface area contributed by atoms with Crippen molar-refractivity contribution in [3.63, 3.8) is 0 Å². The normalized spacial score (nSPS) is 16.0. The van der Waals surface area contributed by atoms with Crippen LogP contribution in [0, 0.1) is 0 Å². The SMILES string of the molecule is C=c1c(=O)[nH]c2n1Cc1cc(OCCCC(=O)NN3CCOCC3)ccc1N=2. The molecule has 2 aliphatic rings. The van der Waals surface area contributed by atoms with Gasteiger partial charge in [-0.15, -0.1) is 0 Å². The number of amides is 1. The lowest BCUT2D eigenvalue weighted by molar-refractivity contribution is -0.128. The summed E-state index contributed by atoms with van der Waals surface area (Å²) in [5.74, 6) is 0.706. The average molecular weight is 385 g/mol. The van der Waals surface area contributed by atoms with Crippen LogP contribution in [0.25, 0.3) is 6.58 Å². The second-order valence-electron chi connectivity index (χ2n) is 6.80. The summed E-state index contributed by atoms with van der Waals surface area (Å²) in [5, 5.41) is 2.28. The van der Waals surface area contributed by atoms with E-state index in [4.69, 9.17) is 9.47 Å². The van der Waals surface area contributed by atoms with E-state index in [0.29, 0.717) is 63.3 Å². The number of nitrogens with zero attached hydrogens (tertiary/aromatic N) is 3. The molecule has 9 heteroatoms. The van der Waals surface area contributed by atoms with E-state index in [1.807, 2.05) is 23.2 Å². The lowest BCUT2D eigenvalue weighted by atomic mass is 10.1. The van der Waals surface area contributed by atoms with Crippen molar-refractivity contribution >= 4 is 18.2 Å². The first-order valence-corrected chi connectivity index (χ1v) is 9.34. The fraction of sp³-hybridized carbons (Fsp3) is 0.421. The number of hydrazine groups is 1. The van der Waals surface area contributed by atoms with Crippen LogP contribution in [0.4, 0.5) is 5.69 Å². The Morgan fingerprint density at radius 3 is 3.00 bits per heavy atom. The first-order chi connectivity index (χ1) is 13.6. The molecule has 0 unspecified atom stereocenters. The Labute approximate surface area is 161 Å². The van der Waals surface area contributed by atoms with Gasteiger partial charge in [-0.3, -0.25) is 20.0 Å². The summed E-state index contributed by atoms with van der Waals surface area (Å²) in [4.78, 5) is 30.8. The molecule has 0 bridgehead atoms. The monoisotopic (exact) mass is 385 g/mol. The molecule has 0 radical (unpaired) electrons. The molecule has 1 aromatic heterocycles. The molecule has 3 heterocycles. The molecule has 0 aliphatic carbocycles. The maximum Gasteiger partial charge on any atom is 0.274 e. The van der Waals surface area contributed by atoms with Crippen LogP contribution < -0.4 is 26.7 Å². The smallest absolute Gasteiger partial charge is 0.274 e. The van der Waals surface area contributed by atoms with Crippen LogP contribution in [-0.4, -0.2) is 53.4 Å².